The summed E-state index contributed by atoms with van der Waals surface area (Å²) in [6.45, 7) is 3.18. The summed E-state index contributed by atoms with van der Waals surface area (Å²) >= 11 is 0. The van der Waals surface area contributed by atoms with Gasteiger partial charge < -0.3 is 15.0 Å². The highest BCUT2D eigenvalue weighted by Gasteiger charge is 2.28. The minimum absolute atomic E-state index is 0.0202. The Morgan fingerprint density at radius 2 is 2.00 bits per heavy atom. The van der Waals surface area contributed by atoms with E-state index < -0.39 is 0 Å². The first kappa shape index (κ1) is 17.5. The molecule has 2 aliphatic heterocycles. The van der Waals surface area contributed by atoms with E-state index in [1.807, 2.05) is 31.2 Å². The number of hydrogen-bond donors (Lipinski definition) is 1. The number of likely N-dealkylation sites (tertiary alicyclic amines) is 1. The SMILES string of the molecule is CC1Cc2cc(NC(=O)C3CCN(C(=O)c4ccccn4)CC3)ccc2O1. The minimum Gasteiger partial charge on any atom is -0.490 e. The molecule has 27 heavy (non-hydrogen) atoms. The zero-order valence-electron chi connectivity index (χ0n) is 15.4. The topological polar surface area (TPSA) is 71.5 Å². The van der Waals surface area contributed by atoms with E-state index >= 15 is 0 Å². The molecule has 1 fully saturated rings. The Morgan fingerprint density at radius 3 is 2.74 bits per heavy atom. The second-order valence-corrected chi connectivity index (χ2v) is 7.23. The summed E-state index contributed by atoms with van der Waals surface area (Å²) in [5, 5.41) is 3.02. The summed E-state index contributed by atoms with van der Waals surface area (Å²) in [5.74, 6) is 0.775. The van der Waals surface area contributed by atoms with E-state index in [9.17, 15) is 9.59 Å². The van der Waals surface area contributed by atoms with Gasteiger partial charge >= 0.3 is 0 Å². The molecule has 6 nitrogen and oxygen atoms in total. The van der Waals surface area contributed by atoms with Crippen LogP contribution in [-0.2, 0) is 11.2 Å². The molecular formula is C21H23N3O3. The van der Waals surface area contributed by atoms with Crippen LogP contribution in [0.15, 0.2) is 42.6 Å². The molecule has 2 aromatic rings. The van der Waals surface area contributed by atoms with Gasteiger partial charge in [0.25, 0.3) is 5.91 Å². The Morgan fingerprint density at radius 1 is 1.19 bits per heavy atom. The van der Waals surface area contributed by atoms with Crippen LogP contribution >= 0.6 is 0 Å². The molecule has 1 aromatic heterocycles. The lowest BCUT2D eigenvalue weighted by Crippen LogP contribution is -2.41. The van der Waals surface area contributed by atoms with Crippen LogP contribution in [0.25, 0.3) is 0 Å². The summed E-state index contributed by atoms with van der Waals surface area (Å²) in [4.78, 5) is 31.0. The van der Waals surface area contributed by atoms with Crippen molar-refractivity contribution in [2.75, 3.05) is 18.4 Å². The number of ether oxygens (including phenoxy) is 1. The smallest absolute Gasteiger partial charge is 0.272 e. The number of benzene rings is 1. The van der Waals surface area contributed by atoms with Gasteiger partial charge in [-0.15, -0.1) is 0 Å². The molecule has 0 aliphatic carbocycles. The maximum absolute atomic E-state index is 12.6. The molecule has 6 heteroatoms. The molecule has 0 saturated carbocycles. The Balaban J connectivity index is 1.33. The van der Waals surface area contributed by atoms with Crippen LogP contribution < -0.4 is 10.1 Å². The van der Waals surface area contributed by atoms with E-state index in [2.05, 4.69) is 10.3 Å². The number of amides is 2. The molecule has 140 valence electrons. The summed E-state index contributed by atoms with van der Waals surface area (Å²) in [6, 6.07) is 11.1. The van der Waals surface area contributed by atoms with Gasteiger partial charge in [-0.25, -0.2) is 0 Å². The van der Waals surface area contributed by atoms with Crippen LogP contribution in [0.4, 0.5) is 5.69 Å². The highest BCUT2D eigenvalue weighted by Crippen LogP contribution is 2.31. The highest BCUT2D eigenvalue weighted by molar-refractivity contribution is 5.94. The lowest BCUT2D eigenvalue weighted by molar-refractivity contribution is -0.121. The van der Waals surface area contributed by atoms with Crippen molar-refractivity contribution < 1.29 is 14.3 Å². The van der Waals surface area contributed by atoms with Gasteiger partial charge in [0.05, 0.1) is 0 Å². The van der Waals surface area contributed by atoms with Gasteiger partial charge in [-0.2, -0.15) is 0 Å². The number of rotatable bonds is 3. The molecule has 0 radical (unpaired) electrons. The summed E-state index contributed by atoms with van der Waals surface area (Å²) in [7, 11) is 0. The van der Waals surface area contributed by atoms with Crippen LogP contribution in [-0.4, -0.2) is 40.9 Å². The normalized spacial score (nSPS) is 19.3. The minimum atomic E-state index is -0.0822. The van der Waals surface area contributed by atoms with Crippen LogP contribution in [0.5, 0.6) is 5.75 Å². The van der Waals surface area contributed by atoms with Crippen LogP contribution in [0.2, 0.25) is 0 Å². The Bertz CT molecular complexity index is 845. The number of fused-ring (bicyclic) bond motifs is 1. The van der Waals surface area contributed by atoms with Crippen molar-refractivity contribution in [3.8, 4) is 5.75 Å². The molecule has 1 unspecified atom stereocenters. The first-order valence-electron chi connectivity index (χ1n) is 9.41. The largest absolute Gasteiger partial charge is 0.490 e. The molecule has 4 rings (SSSR count). The van der Waals surface area contributed by atoms with Crippen molar-refractivity contribution in [2.45, 2.75) is 32.3 Å². The lowest BCUT2D eigenvalue weighted by Gasteiger charge is -2.31. The standard InChI is InChI=1S/C21H23N3O3/c1-14-12-16-13-17(5-6-19(16)27-14)23-20(25)15-7-10-24(11-8-15)21(26)18-4-2-3-9-22-18/h2-6,9,13-15H,7-8,10-12H2,1H3,(H,23,25). The van der Waals surface area contributed by atoms with Crippen LogP contribution in [0, 0.1) is 5.92 Å². The van der Waals surface area contributed by atoms with Crippen molar-refractivity contribution in [1.29, 1.82) is 0 Å². The van der Waals surface area contributed by atoms with Gasteiger partial charge in [-0.3, -0.25) is 14.6 Å². The number of aromatic nitrogens is 1. The maximum Gasteiger partial charge on any atom is 0.272 e. The quantitative estimate of drug-likeness (QED) is 0.908. The van der Waals surface area contributed by atoms with E-state index in [-0.39, 0.29) is 23.8 Å². The van der Waals surface area contributed by atoms with Crippen molar-refractivity contribution in [3.05, 3.63) is 53.9 Å². The first-order valence-corrected chi connectivity index (χ1v) is 9.41. The molecule has 3 heterocycles. The first-order chi connectivity index (χ1) is 13.1. The molecule has 0 spiro atoms. The number of anilines is 1. The predicted octanol–water partition coefficient (Wildman–Crippen LogP) is 2.90. The monoisotopic (exact) mass is 365 g/mol. The molecule has 2 aliphatic rings. The van der Waals surface area contributed by atoms with Crippen molar-refractivity contribution >= 4 is 17.5 Å². The Labute approximate surface area is 158 Å². The third kappa shape index (κ3) is 3.79. The molecule has 2 amide bonds. The van der Waals surface area contributed by atoms with Crippen molar-refractivity contribution in [3.63, 3.8) is 0 Å². The molecular weight excluding hydrogens is 342 g/mol. The fourth-order valence-corrected chi connectivity index (χ4v) is 3.74. The maximum atomic E-state index is 12.6. The van der Waals surface area contributed by atoms with E-state index in [1.54, 1.807) is 23.2 Å². The number of nitrogens with zero attached hydrogens (tertiary/aromatic N) is 2. The third-order valence-electron chi connectivity index (χ3n) is 5.20. The Hall–Kier alpha value is -2.89. The van der Waals surface area contributed by atoms with E-state index in [1.165, 1.54) is 0 Å². The molecule has 1 aromatic carbocycles. The number of piperidine rings is 1. The number of nitrogens with one attached hydrogen (secondary N) is 1. The van der Waals surface area contributed by atoms with E-state index in [4.69, 9.17) is 4.74 Å². The van der Waals surface area contributed by atoms with Crippen LogP contribution in [0.3, 0.4) is 0 Å². The highest BCUT2D eigenvalue weighted by atomic mass is 16.5. The fraction of sp³-hybridized carbons (Fsp3) is 0.381. The fourth-order valence-electron chi connectivity index (χ4n) is 3.74. The zero-order chi connectivity index (χ0) is 18.8. The van der Waals surface area contributed by atoms with Gasteiger partial charge in [-0.1, -0.05) is 6.07 Å². The van der Waals surface area contributed by atoms with Gasteiger partial charge in [0.1, 0.15) is 17.5 Å². The van der Waals surface area contributed by atoms with Gasteiger partial charge in [0.2, 0.25) is 5.91 Å². The van der Waals surface area contributed by atoms with Crippen molar-refractivity contribution in [2.24, 2.45) is 5.92 Å². The van der Waals surface area contributed by atoms with E-state index in [0.29, 0.717) is 31.6 Å². The lowest BCUT2D eigenvalue weighted by atomic mass is 9.95. The van der Waals surface area contributed by atoms with Gasteiger partial charge in [0, 0.05) is 37.3 Å². The summed E-state index contributed by atoms with van der Waals surface area (Å²) in [5.41, 5.74) is 2.40. The van der Waals surface area contributed by atoms with Crippen LogP contribution in [0.1, 0.15) is 35.8 Å². The van der Waals surface area contributed by atoms with E-state index in [0.717, 1.165) is 23.4 Å². The number of carbonyl (C=O) groups excluding carboxylic acids is 2. The van der Waals surface area contributed by atoms with Crippen molar-refractivity contribution in [1.82, 2.24) is 9.88 Å². The molecule has 0 bridgehead atoms. The second-order valence-electron chi connectivity index (χ2n) is 7.23. The summed E-state index contributed by atoms with van der Waals surface area (Å²) < 4.78 is 5.70. The van der Waals surface area contributed by atoms with Gasteiger partial charge in [0.15, 0.2) is 0 Å². The molecule has 1 atom stereocenters. The predicted molar refractivity (Wildman–Crippen MR) is 102 cm³/mol. The number of pyridine rings is 1. The zero-order valence-corrected chi connectivity index (χ0v) is 15.4. The average Bonchev–Trinajstić information content (AvgIpc) is 3.07. The summed E-state index contributed by atoms with van der Waals surface area (Å²) in [6.07, 6.45) is 4.00. The number of hydrogen-bond acceptors (Lipinski definition) is 4. The Kier molecular flexibility index (Phi) is 4.79. The number of carbonyl (C=O) groups is 2. The molecule has 1 saturated heterocycles. The van der Waals surface area contributed by atoms with Gasteiger partial charge in [-0.05, 0) is 55.7 Å². The molecule has 1 N–H and O–H groups in total. The third-order valence-corrected chi connectivity index (χ3v) is 5.20. The average molecular weight is 365 g/mol. The second kappa shape index (κ2) is 7.39.